The van der Waals surface area contributed by atoms with Crippen molar-refractivity contribution in [1.29, 1.82) is 0 Å². The van der Waals surface area contributed by atoms with Crippen molar-refractivity contribution in [2.24, 2.45) is 0 Å². The zero-order valence-corrected chi connectivity index (χ0v) is 28.2. The number of pyridine rings is 2. The van der Waals surface area contributed by atoms with Crippen LogP contribution in [0.3, 0.4) is 0 Å². The molecule has 4 heterocycles. The Labute approximate surface area is 292 Å². The van der Waals surface area contributed by atoms with E-state index in [1.54, 1.807) is 0 Å². The van der Waals surface area contributed by atoms with E-state index in [1.807, 2.05) is 42.9 Å². The Balaban J connectivity index is 0.00000336. The van der Waals surface area contributed by atoms with Gasteiger partial charge in [0.2, 0.25) is 0 Å². The zero-order chi connectivity index (χ0) is 31.7. The van der Waals surface area contributed by atoms with Gasteiger partial charge in [0.25, 0.3) is 0 Å². The Hall–Kier alpha value is -5.28. The molecule has 234 valence electrons. The first-order chi connectivity index (χ1) is 22.9. The molecule has 0 aliphatic heterocycles. The van der Waals surface area contributed by atoms with Gasteiger partial charge in [-0.25, -0.2) is 0 Å². The minimum absolute atomic E-state index is 0. The van der Waals surface area contributed by atoms with Crippen LogP contribution in [0.4, 0.5) is 0 Å². The Morgan fingerprint density at radius 2 is 1.40 bits per heavy atom. The van der Waals surface area contributed by atoms with E-state index in [-0.39, 0.29) is 25.8 Å². The van der Waals surface area contributed by atoms with Gasteiger partial charge in [-0.05, 0) is 58.5 Å². The minimum atomic E-state index is 0. The van der Waals surface area contributed by atoms with Gasteiger partial charge in [-0.1, -0.05) is 92.2 Å². The topological polar surface area (TPSA) is 44.4 Å². The van der Waals surface area contributed by atoms with Crippen LogP contribution < -0.4 is 4.74 Å². The zero-order valence-electron chi connectivity index (χ0n) is 26.6. The molecular formula is C42H30N4OPd. The fourth-order valence-corrected chi connectivity index (χ4v) is 6.71. The van der Waals surface area contributed by atoms with Gasteiger partial charge in [-0.15, -0.1) is 29.8 Å². The van der Waals surface area contributed by atoms with Crippen LogP contribution in [0, 0.1) is 12.1 Å². The average molecular weight is 713 g/mol. The molecule has 0 unspecified atom stereocenters. The maximum Gasteiger partial charge on any atom is 2.00 e. The summed E-state index contributed by atoms with van der Waals surface area (Å²) >= 11 is 0. The summed E-state index contributed by atoms with van der Waals surface area (Å²) in [4.78, 5) is 9.40. The molecule has 6 heteroatoms. The van der Waals surface area contributed by atoms with Crippen LogP contribution in [-0.2, 0) is 25.8 Å². The summed E-state index contributed by atoms with van der Waals surface area (Å²) in [7, 11) is 0. The van der Waals surface area contributed by atoms with Gasteiger partial charge >= 0.3 is 20.4 Å². The van der Waals surface area contributed by atoms with E-state index in [0.29, 0.717) is 11.5 Å². The predicted molar refractivity (Wildman–Crippen MR) is 191 cm³/mol. The second kappa shape index (κ2) is 11.5. The molecule has 0 aliphatic rings. The molecule has 0 amide bonds. The SMILES string of the molecule is CC(C)(C)c1ccnc(-c2[c-]c(Oc3[c-]c4c(cc3)c3cc5c(cc3n3ccnc43)c3ccccc3n5-c3ccccc3)ccc2)c1.[Pd+2]. The van der Waals surface area contributed by atoms with E-state index in [1.165, 1.54) is 21.9 Å². The van der Waals surface area contributed by atoms with Crippen LogP contribution in [0.2, 0.25) is 0 Å². The maximum absolute atomic E-state index is 6.39. The molecule has 0 fully saturated rings. The summed E-state index contributed by atoms with van der Waals surface area (Å²) in [6, 6.07) is 45.0. The third-order valence-corrected chi connectivity index (χ3v) is 9.03. The standard InChI is InChI=1S/C42H30N4O.Pd/c1-42(2,3)28-18-19-43-37(23-28)27-10-9-13-30(22-27)47-31-16-17-32-34-26-40-35(25-39(34)45-21-20-44-41(45)36(32)24-31)33-14-7-8-15-38(33)46(40)29-11-5-4-6-12-29;/h4-21,23,25-26H,1-3H3;/q-2;+2. The summed E-state index contributed by atoms with van der Waals surface area (Å²) in [6.45, 7) is 6.61. The van der Waals surface area contributed by atoms with Crippen molar-refractivity contribution in [3.63, 3.8) is 0 Å². The smallest absolute Gasteiger partial charge is 0.497 e. The predicted octanol–water partition coefficient (Wildman–Crippen LogP) is 10.5. The number of aromatic nitrogens is 4. The fourth-order valence-electron chi connectivity index (χ4n) is 6.71. The molecule has 0 atom stereocenters. The number of rotatable bonds is 4. The van der Waals surface area contributed by atoms with E-state index >= 15 is 0 Å². The summed E-state index contributed by atoms with van der Waals surface area (Å²) < 4.78 is 10.9. The number of imidazole rings is 1. The first kappa shape index (κ1) is 30.1. The second-order valence-corrected chi connectivity index (χ2v) is 13.0. The van der Waals surface area contributed by atoms with Crippen molar-refractivity contribution in [3.05, 3.63) is 145 Å². The number of fused-ring (bicyclic) bond motifs is 9. The fraction of sp³-hybridized carbons (Fsp3) is 0.0952. The van der Waals surface area contributed by atoms with Crippen molar-refractivity contribution < 1.29 is 25.2 Å². The molecule has 0 bridgehead atoms. The summed E-state index contributed by atoms with van der Waals surface area (Å²) in [6.07, 6.45) is 5.74. The van der Waals surface area contributed by atoms with Gasteiger partial charge in [0, 0.05) is 52.1 Å². The minimum Gasteiger partial charge on any atom is -0.497 e. The Kier molecular flexibility index (Phi) is 7.18. The van der Waals surface area contributed by atoms with Crippen molar-refractivity contribution in [3.8, 4) is 28.4 Å². The van der Waals surface area contributed by atoms with Gasteiger partial charge < -0.3 is 18.7 Å². The van der Waals surface area contributed by atoms with E-state index in [9.17, 15) is 0 Å². The van der Waals surface area contributed by atoms with Crippen molar-refractivity contribution in [1.82, 2.24) is 18.9 Å². The molecule has 0 N–H and O–H groups in total. The molecule has 0 spiro atoms. The van der Waals surface area contributed by atoms with Gasteiger partial charge in [-0.2, -0.15) is 0 Å². The molecule has 5 nitrogen and oxygen atoms in total. The first-order valence-corrected chi connectivity index (χ1v) is 15.8. The number of benzene rings is 5. The average Bonchev–Trinajstić information content (AvgIpc) is 3.71. The Morgan fingerprint density at radius 1 is 0.625 bits per heavy atom. The number of hydrogen-bond donors (Lipinski definition) is 0. The van der Waals surface area contributed by atoms with Crippen LogP contribution in [0.15, 0.2) is 128 Å². The van der Waals surface area contributed by atoms with Crippen molar-refractivity contribution >= 4 is 49.1 Å². The first-order valence-electron chi connectivity index (χ1n) is 15.8. The summed E-state index contributed by atoms with van der Waals surface area (Å²) in [5, 5.41) is 5.51. The second-order valence-electron chi connectivity index (χ2n) is 13.0. The Bertz CT molecular complexity index is 2650. The normalized spacial score (nSPS) is 11.9. The third kappa shape index (κ3) is 4.88. The molecule has 9 aromatic rings. The number of para-hydroxylation sites is 2. The van der Waals surface area contributed by atoms with Gasteiger partial charge in [0.1, 0.15) is 0 Å². The largest absolute Gasteiger partial charge is 2.00 e. The van der Waals surface area contributed by atoms with Gasteiger partial charge in [0.15, 0.2) is 0 Å². The van der Waals surface area contributed by atoms with Crippen LogP contribution in [0.5, 0.6) is 11.5 Å². The molecule has 5 aromatic carbocycles. The molecule has 48 heavy (non-hydrogen) atoms. The monoisotopic (exact) mass is 712 g/mol. The molecular weight excluding hydrogens is 683 g/mol. The van der Waals surface area contributed by atoms with Crippen molar-refractivity contribution in [2.45, 2.75) is 26.2 Å². The van der Waals surface area contributed by atoms with Gasteiger partial charge in [0.05, 0.1) is 16.7 Å². The van der Waals surface area contributed by atoms with E-state index in [0.717, 1.165) is 49.8 Å². The van der Waals surface area contributed by atoms with Crippen LogP contribution in [0.25, 0.3) is 66.1 Å². The molecule has 0 saturated heterocycles. The maximum atomic E-state index is 6.39. The van der Waals surface area contributed by atoms with E-state index < -0.39 is 0 Å². The summed E-state index contributed by atoms with van der Waals surface area (Å²) in [5.74, 6) is 1.21. The molecule has 0 aliphatic carbocycles. The molecule has 0 saturated carbocycles. The number of nitrogens with zero attached hydrogens (tertiary/aromatic N) is 4. The van der Waals surface area contributed by atoms with Crippen LogP contribution in [-0.4, -0.2) is 18.9 Å². The third-order valence-electron chi connectivity index (χ3n) is 9.03. The number of ether oxygens (including phenoxy) is 1. The van der Waals surface area contributed by atoms with Crippen LogP contribution >= 0.6 is 0 Å². The Morgan fingerprint density at radius 3 is 2.25 bits per heavy atom. The number of hydrogen-bond acceptors (Lipinski definition) is 3. The quantitative estimate of drug-likeness (QED) is 0.104. The van der Waals surface area contributed by atoms with Gasteiger partial charge in [-0.3, -0.25) is 4.98 Å². The molecule has 9 rings (SSSR count). The van der Waals surface area contributed by atoms with Crippen molar-refractivity contribution in [2.75, 3.05) is 0 Å². The van der Waals surface area contributed by atoms with E-state index in [2.05, 4.69) is 132 Å². The van der Waals surface area contributed by atoms with E-state index in [4.69, 9.17) is 9.72 Å². The summed E-state index contributed by atoms with van der Waals surface area (Å²) in [5.41, 5.74) is 8.40. The van der Waals surface area contributed by atoms with Crippen LogP contribution in [0.1, 0.15) is 26.3 Å². The molecule has 4 aromatic heterocycles. The molecule has 0 radical (unpaired) electrons.